The van der Waals surface area contributed by atoms with Crippen molar-refractivity contribution in [3.05, 3.63) is 18.6 Å². The standard InChI is InChI=1S/C12H16N4O2/c1-2-3-13-10-6-16-5-4-14-11(16)12(15-10)18-9-7-17-8-9/h4-6,9,13H,2-3,7-8H2,1H3. The smallest absolute Gasteiger partial charge is 0.260 e. The Morgan fingerprint density at radius 2 is 2.44 bits per heavy atom. The van der Waals surface area contributed by atoms with E-state index in [0.29, 0.717) is 19.1 Å². The summed E-state index contributed by atoms with van der Waals surface area (Å²) in [5.41, 5.74) is 0.740. The minimum absolute atomic E-state index is 0.0967. The summed E-state index contributed by atoms with van der Waals surface area (Å²) in [6, 6.07) is 0. The van der Waals surface area contributed by atoms with Gasteiger partial charge in [0.2, 0.25) is 5.65 Å². The van der Waals surface area contributed by atoms with Crippen LogP contribution in [0, 0.1) is 0 Å². The van der Waals surface area contributed by atoms with Gasteiger partial charge in [-0.05, 0) is 6.42 Å². The van der Waals surface area contributed by atoms with Gasteiger partial charge in [0, 0.05) is 18.9 Å². The van der Waals surface area contributed by atoms with E-state index in [1.807, 2.05) is 16.8 Å². The monoisotopic (exact) mass is 248 g/mol. The number of nitrogens with zero attached hydrogens (tertiary/aromatic N) is 3. The van der Waals surface area contributed by atoms with Crippen molar-refractivity contribution < 1.29 is 9.47 Å². The zero-order valence-electron chi connectivity index (χ0n) is 10.3. The Morgan fingerprint density at radius 1 is 1.56 bits per heavy atom. The van der Waals surface area contributed by atoms with Gasteiger partial charge in [0.1, 0.15) is 11.9 Å². The van der Waals surface area contributed by atoms with Gasteiger partial charge in [-0.1, -0.05) is 6.92 Å². The zero-order valence-corrected chi connectivity index (χ0v) is 10.3. The fourth-order valence-corrected chi connectivity index (χ4v) is 1.76. The molecule has 0 aromatic carbocycles. The number of nitrogens with one attached hydrogen (secondary N) is 1. The number of fused-ring (bicyclic) bond motifs is 1. The van der Waals surface area contributed by atoms with Crippen molar-refractivity contribution in [2.75, 3.05) is 25.1 Å². The van der Waals surface area contributed by atoms with E-state index in [0.717, 1.165) is 24.4 Å². The van der Waals surface area contributed by atoms with Gasteiger partial charge in [0.15, 0.2) is 0 Å². The summed E-state index contributed by atoms with van der Waals surface area (Å²) in [5, 5.41) is 3.25. The minimum atomic E-state index is 0.0967. The van der Waals surface area contributed by atoms with Crippen molar-refractivity contribution >= 4 is 11.5 Å². The molecule has 1 saturated heterocycles. The molecule has 1 fully saturated rings. The molecule has 0 bridgehead atoms. The van der Waals surface area contributed by atoms with Crippen LogP contribution in [-0.2, 0) is 4.74 Å². The molecule has 0 aliphatic carbocycles. The molecule has 0 atom stereocenters. The summed E-state index contributed by atoms with van der Waals surface area (Å²) in [6.07, 6.45) is 6.70. The molecule has 2 aromatic rings. The van der Waals surface area contributed by atoms with Gasteiger partial charge >= 0.3 is 0 Å². The van der Waals surface area contributed by atoms with Crippen LogP contribution in [0.3, 0.4) is 0 Å². The first-order chi connectivity index (χ1) is 8.86. The van der Waals surface area contributed by atoms with E-state index in [4.69, 9.17) is 9.47 Å². The quantitative estimate of drug-likeness (QED) is 0.865. The molecule has 3 rings (SSSR count). The van der Waals surface area contributed by atoms with Crippen molar-refractivity contribution in [1.29, 1.82) is 0 Å². The highest BCUT2D eigenvalue weighted by molar-refractivity contribution is 5.53. The van der Waals surface area contributed by atoms with Gasteiger partial charge in [0.25, 0.3) is 5.88 Å². The molecule has 0 amide bonds. The van der Waals surface area contributed by atoms with Crippen LogP contribution in [0.2, 0.25) is 0 Å². The molecule has 18 heavy (non-hydrogen) atoms. The van der Waals surface area contributed by atoms with E-state index in [1.165, 1.54) is 0 Å². The molecule has 1 N–H and O–H groups in total. The summed E-state index contributed by atoms with van der Waals surface area (Å²) >= 11 is 0. The van der Waals surface area contributed by atoms with Crippen molar-refractivity contribution in [3.63, 3.8) is 0 Å². The van der Waals surface area contributed by atoms with Crippen molar-refractivity contribution in [3.8, 4) is 5.88 Å². The van der Waals surface area contributed by atoms with E-state index in [1.54, 1.807) is 6.20 Å². The maximum atomic E-state index is 5.78. The van der Waals surface area contributed by atoms with E-state index < -0.39 is 0 Å². The second-order valence-electron chi connectivity index (χ2n) is 4.29. The van der Waals surface area contributed by atoms with Crippen LogP contribution < -0.4 is 10.1 Å². The summed E-state index contributed by atoms with van der Waals surface area (Å²) in [5.74, 6) is 1.37. The van der Waals surface area contributed by atoms with Gasteiger partial charge < -0.3 is 14.8 Å². The van der Waals surface area contributed by atoms with Gasteiger partial charge in [-0.25, -0.2) is 4.98 Å². The first-order valence-electron chi connectivity index (χ1n) is 6.19. The second-order valence-corrected chi connectivity index (χ2v) is 4.29. The van der Waals surface area contributed by atoms with Crippen LogP contribution >= 0.6 is 0 Å². The first-order valence-corrected chi connectivity index (χ1v) is 6.19. The molecule has 6 nitrogen and oxygen atoms in total. The molecule has 1 aliphatic rings. The molecule has 2 aromatic heterocycles. The summed E-state index contributed by atoms with van der Waals surface area (Å²) in [7, 11) is 0. The van der Waals surface area contributed by atoms with Crippen LogP contribution in [-0.4, -0.2) is 40.2 Å². The molecule has 96 valence electrons. The predicted octanol–water partition coefficient (Wildman–Crippen LogP) is 1.33. The lowest BCUT2D eigenvalue weighted by atomic mass is 10.3. The van der Waals surface area contributed by atoms with Gasteiger partial charge in [-0.15, -0.1) is 0 Å². The van der Waals surface area contributed by atoms with E-state index >= 15 is 0 Å². The molecule has 6 heteroatoms. The average Bonchev–Trinajstić information content (AvgIpc) is 2.79. The lowest BCUT2D eigenvalue weighted by molar-refractivity contribution is -0.0808. The normalized spacial score (nSPS) is 15.6. The second kappa shape index (κ2) is 4.81. The number of ether oxygens (including phenoxy) is 2. The summed E-state index contributed by atoms with van der Waals surface area (Å²) < 4.78 is 12.8. The fourth-order valence-electron chi connectivity index (χ4n) is 1.76. The summed E-state index contributed by atoms with van der Waals surface area (Å²) in [6.45, 7) is 4.26. The van der Waals surface area contributed by atoms with E-state index in [9.17, 15) is 0 Å². The van der Waals surface area contributed by atoms with Crippen LogP contribution in [0.4, 0.5) is 5.82 Å². The molecule has 0 saturated carbocycles. The molecule has 3 heterocycles. The third-order valence-corrected chi connectivity index (χ3v) is 2.79. The largest absolute Gasteiger partial charge is 0.467 e. The Balaban J connectivity index is 1.89. The van der Waals surface area contributed by atoms with Crippen molar-refractivity contribution in [1.82, 2.24) is 14.4 Å². The van der Waals surface area contributed by atoms with Crippen LogP contribution in [0.5, 0.6) is 5.88 Å². The SMILES string of the molecule is CCCNc1cn2ccnc2c(OC2COC2)n1. The van der Waals surface area contributed by atoms with E-state index in [-0.39, 0.29) is 6.10 Å². The van der Waals surface area contributed by atoms with Crippen molar-refractivity contribution in [2.45, 2.75) is 19.4 Å². The highest BCUT2D eigenvalue weighted by Crippen LogP contribution is 2.21. The van der Waals surface area contributed by atoms with Crippen LogP contribution in [0.1, 0.15) is 13.3 Å². The topological polar surface area (TPSA) is 60.7 Å². The number of hydrogen-bond donors (Lipinski definition) is 1. The maximum absolute atomic E-state index is 5.78. The number of imidazole rings is 1. The number of anilines is 1. The van der Waals surface area contributed by atoms with Gasteiger partial charge in [-0.2, -0.15) is 4.98 Å². The molecule has 1 aliphatic heterocycles. The lowest BCUT2D eigenvalue weighted by Crippen LogP contribution is -2.38. The Bertz CT molecular complexity index is 536. The molecule has 0 spiro atoms. The number of aromatic nitrogens is 3. The maximum Gasteiger partial charge on any atom is 0.260 e. The minimum Gasteiger partial charge on any atom is -0.467 e. The number of rotatable bonds is 5. The first kappa shape index (κ1) is 11.3. The molecular weight excluding hydrogens is 232 g/mol. The third-order valence-electron chi connectivity index (χ3n) is 2.79. The summed E-state index contributed by atoms with van der Waals surface area (Å²) in [4.78, 5) is 8.72. The predicted molar refractivity (Wildman–Crippen MR) is 67.0 cm³/mol. The van der Waals surface area contributed by atoms with Gasteiger partial charge in [0.05, 0.1) is 19.4 Å². The highest BCUT2D eigenvalue weighted by Gasteiger charge is 2.22. The van der Waals surface area contributed by atoms with Crippen LogP contribution in [0.15, 0.2) is 18.6 Å². The molecule has 0 unspecified atom stereocenters. The van der Waals surface area contributed by atoms with Crippen LogP contribution in [0.25, 0.3) is 5.65 Å². The van der Waals surface area contributed by atoms with E-state index in [2.05, 4.69) is 22.2 Å². The Hall–Kier alpha value is -1.82. The third kappa shape index (κ3) is 2.11. The number of hydrogen-bond acceptors (Lipinski definition) is 5. The zero-order chi connectivity index (χ0) is 12.4. The highest BCUT2D eigenvalue weighted by atomic mass is 16.6. The van der Waals surface area contributed by atoms with Crippen molar-refractivity contribution in [2.24, 2.45) is 0 Å². The Kier molecular flexibility index (Phi) is 3.02. The molecular formula is C12H16N4O2. The lowest BCUT2D eigenvalue weighted by Gasteiger charge is -2.26. The average molecular weight is 248 g/mol. The fraction of sp³-hybridized carbons (Fsp3) is 0.500. The Morgan fingerprint density at radius 3 is 3.17 bits per heavy atom. The Labute approximate surface area is 105 Å². The van der Waals surface area contributed by atoms with Gasteiger partial charge in [-0.3, -0.25) is 4.40 Å². The molecule has 0 radical (unpaired) electrons.